The number of aromatic nitrogens is 1. The minimum absolute atomic E-state index is 0.0979. The number of hydrogen-bond acceptors (Lipinski definition) is 3. The van der Waals surface area contributed by atoms with Gasteiger partial charge in [-0.2, -0.15) is 0 Å². The largest absolute Gasteiger partial charge is 0.355 e. The van der Waals surface area contributed by atoms with Crippen LogP contribution >= 0.6 is 27.3 Å². The van der Waals surface area contributed by atoms with Crippen LogP contribution in [0, 0.1) is 5.82 Å². The Hall–Kier alpha value is -0.940. The first-order valence-corrected chi connectivity index (χ1v) is 6.46. The average molecular weight is 301 g/mol. The van der Waals surface area contributed by atoms with Crippen LogP contribution in [0.1, 0.15) is 18.5 Å². The quantitative estimate of drug-likeness (QED) is 0.918. The molecule has 5 heteroatoms. The Labute approximate surface area is 106 Å². The zero-order valence-electron chi connectivity index (χ0n) is 8.58. The van der Waals surface area contributed by atoms with Crippen molar-refractivity contribution in [3.8, 4) is 0 Å². The summed E-state index contributed by atoms with van der Waals surface area (Å²) >= 11 is 4.76. The number of benzene rings is 1. The molecular weight excluding hydrogens is 291 g/mol. The molecule has 1 aromatic carbocycles. The van der Waals surface area contributed by atoms with E-state index in [-0.39, 0.29) is 11.9 Å². The van der Waals surface area contributed by atoms with Crippen molar-refractivity contribution in [2.24, 2.45) is 0 Å². The summed E-state index contributed by atoms with van der Waals surface area (Å²) in [4.78, 5) is 4.21. The Morgan fingerprint density at radius 3 is 2.81 bits per heavy atom. The van der Waals surface area contributed by atoms with E-state index in [0.29, 0.717) is 5.56 Å². The topological polar surface area (TPSA) is 24.9 Å². The minimum atomic E-state index is -0.196. The molecule has 0 saturated carbocycles. The van der Waals surface area contributed by atoms with Crippen LogP contribution in [-0.4, -0.2) is 4.98 Å². The van der Waals surface area contributed by atoms with Crippen LogP contribution in [-0.2, 0) is 0 Å². The van der Waals surface area contributed by atoms with Crippen LogP contribution in [0.3, 0.4) is 0 Å². The third-order valence-electron chi connectivity index (χ3n) is 2.19. The smallest absolute Gasteiger partial charge is 0.184 e. The third kappa shape index (κ3) is 2.59. The number of rotatable bonds is 3. The summed E-state index contributed by atoms with van der Waals surface area (Å²) in [7, 11) is 0. The van der Waals surface area contributed by atoms with Gasteiger partial charge in [0.15, 0.2) is 5.13 Å². The molecule has 1 unspecified atom stereocenters. The molecule has 16 heavy (non-hydrogen) atoms. The highest BCUT2D eigenvalue weighted by Crippen LogP contribution is 2.25. The lowest BCUT2D eigenvalue weighted by atomic mass is 10.1. The van der Waals surface area contributed by atoms with Crippen molar-refractivity contribution in [1.82, 2.24) is 4.98 Å². The molecule has 1 aromatic heterocycles. The van der Waals surface area contributed by atoms with Crippen LogP contribution in [0.15, 0.2) is 34.2 Å². The Morgan fingerprint density at radius 1 is 1.44 bits per heavy atom. The molecule has 0 aliphatic heterocycles. The Kier molecular flexibility index (Phi) is 3.56. The molecule has 0 fully saturated rings. The fraction of sp³-hybridized carbons (Fsp3) is 0.182. The first-order valence-electron chi connectivity index (χ1n) is 4.79. The van der Waals surface area contributed by atoms with Gasteiger partial charge >= 0.3 is 0 Å². The van der Waals surface area contributed by atoms with Crippen molar-refractivity contribution in [2.45, 2.75) is 13.0 Å². The van der Waals surface area contributed by atoms with E-state index in [1.807, 2.05) is 18.4 Å². The molecule has 1 heterocycles. The molecule has 0 saturated heterocycles. The fourth-order valence-electron chi connectivity index (χ4n) is 1.41. The molecule has 2 rings (SSSR count). The normalized spacial score (nSPS) is 12.4. The van der Waals surface area contributed by atoms with Crippen molar-refractivity contribution in [3.63, 3.8) is 0 Å². The lowest BCUT2D eigenvalue weighted by Crippen LogP contribution is -2.08. The van der Waals surface area contributed by atoms with E-state index in [1.54, 1.807) is 12.1 Å². The van der Waals surface area contributed by atoms with Crippen LogP contribution in [0.5, 0.6) is 0 Å². The van der Waals surface area contributed by atoms with Gasteiger partial charge in [0, 0.05) is 10.9 Å². The first-order chi connectivity index (χ1) is 7.66. The molecule has 0 amide bonds. The average Bonchev–Trinajstić information content (AvgIpc) is 2.64. The summed E-state index contributed by atoms with van der Waals surface area (Å²) in [5.74, 6) is -0.196. The molecule has 0 radical (unpaired) electrons. The lowest BCUT2D eigenvalue weighted by Gasteiger charge is -2.13. The molecule has 84 valence electrons. The molecule has 0 bridgehead atoms. The summed E-state index contributed by atoms with van der Waals surface area (Å²) in [6, 6.07) is 6.65. The van der Waals surface area contributed by atoms with Gasteiger partial charge < -0.3 is 5.32 Å². The summed E-state index contributed by atoms with van der Waals surface area (Å²) in [5.41, 5.74) is 0.647. The SMILES string of the molecule is CC(Nc1nc(Br)cs1)c1ccccc1F. The van der Waals surface area contributed by atoms with E-state index in [1.165, 1.54) is 17.4 Å². The van der Waals surface area contributed by atoms with Crippen LogP contribution in [0.2, 0.25) is 0 Å². The van der Waals surface area contributed by atoms with Gasteiger partial charge in [-0.05, 0) is 28.9 Å². The fourth-order valence-corrected chi connectivity index (χ4v) is 2.64. The van der Waals surface area contributed by atoms with Gasteiger partial charge in [-0.1, -0.05) is 18.2 Å². The number of nitrogens with one attached hydrogen (secondary N) is 1. The first kappa shape index (κ1) is 11.5. The van der Waals surface area contributed by atoms with E-state index in [4.69, 9.17) is 0 Å². The third-order valence-corrected chi connectivity index (χ3v) is 3.67. The highest BCUT2D eigenvalue weighted by Gasteiger charge is 2.11. The van der Waals surface area contributed by atoms with E-state index in [0.717, 1.165) is 9.73 Å². The van der Waals surface area contributed by atoms with Crippen molar-refractivity contribution >= 4 is 32.4 Å². The maximum atomic E-state index is 13.5. The van der Waals surface area contributed by atoms with Gasteiger partial charge in [0.05, 0.1) is 6.04 Å². The monoisotopic (exact) mass is 300 g/mol. The second kappa shape index (κ2) is 4.93. The van der Waals surface area contributed by atoms with E-state index in [2.05, 4.69) is 26.2 Å². The second-order valence-electron chi connectivity index (χ2n) is 3.36. The van der Waals surface area contributed by atoms with Gasteiger partial charge in [-0.15, -0.1) is 11.3 Å². The maximum absolute atomic E-state index is 13.5. The second-order valence-corrected chi connectivity index (χ2v) is 5.03. The maximum Gasteiger partial charge on any atom is 0.184 e. The highest BCUT2D eigenvalue weighted by atomic mass is 79.9. The van der Waals surface area contributed by atoms with Gasteiger partial charge in [0.2, 0.25) is 0 Å². The predicted molar refractivity (Wildman–Crippen MR) is 68.3 cm³/mol. The lowest BCUT2D eigenvalue weighted by molar-refractivity contribution is 0.600. The molecule has 1 atom stereocenters. The summed E-state index contributed by atoms with van der Waals surface area (Å²) in [6.07, 6.45) is 0. The molecule has 2 nitrogen and oxygen atoms in total. The zero-order valence-corrected chi connectivity index (χ0v) is 11.0. The van der Waals surface area contributed by atoms with E-state index >= 15 is 0 Å². The highest BCUT2D eigenvalue weighted by molar-refractivity contribution is 9.10. The number of halogens is 2. The van der Waals surface area contributed by atoms with Gasteiger partial charge in [-0.25, -0.2) is 9.37 Å². The van der Waals surface area contributed by atoms with Gasteiger partial charge in [-0.3, -0.25) is 0 Å². The summed E-state index contributed by atoms with van der Waals surface area (Å²) in [6.45, 7) is 1.91. The standard InChI is InChI=1S/C11H10BrFN2S/c1-7(8-4-2-3-5-9(8)13)14-11-15-10(12)6-16-11/h2-7H,1H3,(H,14,15). The van der Waals surface area contributed by atoms with Crippen molar-refractivity contribution in [1.29, 1.82) is 0 Å². The molecule has 1 N–H and O–H groups in total. The Morgan fingerprint density at radius 2 is 2.19 bits per heavy atom. The molecule has 0 aliphatic carbocycles. The Bertz CT molecular complexity index is 486. The van der Waals surface area contributed by atoms with Gasteiger partial charge in [0.25, 0.3) is 0 Å². The summed E-state index contributed by atoms with van der Waals surface area (Å²) in [5, 5.41) is 5.82. The minimum Gasteiger partial charge on any atom is -0.355 e. The van der Waals surface area contributed by atoms with Crippen molar-refractivity contribution < 1.29 is 4.39 Å². The number of thiazole rings is 1. The molecule has 2 aromatic rings. The zero-order chi connectivity index (χ0) is 11.5. The predicted octanol–water partition coefficient (Wildman–Crippen LogP) is 4.22. The van der Waals surface area contributed by atoms with Gasteiger partial charge in [0.1, 0.15) is 10.4 Å². The van der Waals surface area contributed by atoms with Crippen molar-refractivity contribution in [3.05, 3.63) is 45.6 Å². The van der Waals surface area contributed by atoms with Crippen molar-refractivity contribution in [2.75, 3.05) is 5.32 Å². The number of nitrogens with zero attached hydrogens (tertiary/aromatic N) is 1. The number of hydrogen-bond donors (Lipinski definition) is 1. The molecule has 0 spiro atoms. The number of anilines is 1. The molecule has 0 aliphatic rings. The van der Waals surface area contributed by atoms with E-state index in [9.17, 15) is 4.39 Å². The Balaban J connectivity index is 2.14. The van der Waals surface area contributed by atoms with Crippen LogP contribution in [0.4, 0.5) is 9.52 Å². The summed E-state index contributed by atoms with van der Waals surface area (Å²) < 4.78 is 14.3. The van der Waals surface area contributed by atoms with Crippen LogP contribution < -0.4 is 5.32 Å². The van der Waals surface area contributed by atoms with E-state index < -0.39 is 0 Å². The van der Waals surface area contributed by atoms with Crippen LogP contribution in [0.25, 0.3) is 0 Å². The molecular formula is C11H10BrFN2S.